The van der Waals surface area contributed by atoms with Gasteiger partial charge in [0, 0.05) is 19.0 Å². The number of nitrogens with one attached hydrogen (secondary N) is 1. The van der Waals surface area contributed by atoms with Crippen LogP contribution in [0.15, 0.2) is 0 Å². The number of likely N-dealkylation sites (tertiary alicyclic amines) is 1. The summed E-state index contributed by atoms with van der Waals surface area (Å²) in [7, 11) is 1.99. The minimum Gasteiger partial charge on any atom is -0.340 e. The van der Waals surface area contributed by atoms with Gasteiger partial charge in [-0.2, -0.15) is 0 Å². The number of carbonyl (C=O) groups is 1. The van der Waals surface area contributed by atoms with Gasteiger partial charge in [-0.15, -0.1) is 0 Å². The fraction of sp³-hybridized carbons (Fsp3) is 0.923. The Labute approximate surface area is 98.6 Å². The molecule has 1 saturated carbocycles. The van der Waals surface area contributed by atoms with E-state index in [4.69, 9.17) is 0 Å². The molecule has 1 aliphatic carbocycles. The Hall–Kier alpha value is -0.570. The van der Waals surface area contributed by atoms with Gasteiger partial charge in [0.2, 0.25) is 5.91 Å². The molecule has 1 atom stereocenters. The van der Waals surface area contributed by atoms with Crippen LogP contribution in [-0.2, 0) is 4.79 Å². The number of carbonyl (C=O) groups excluding carboxylic acids is 1. The van der Waals surface area contributed by atoms with E-state index in [0.29, 0.717) is 11.9 Å². The molecule has 2 aliphatic rings. The van der Waals surface area contributed by atoms with Crippen LogP contribution < -0.4 is 5.32 Å². The summed E-state index contributed by atoms with van der Waals surface area (Å²) in [6.07, 6.45) is 8.19. The Morgan fingerprint density at radius 3 is 2.81 bits per heavy atom. The van der Waals surface area contributed by atoms with Gasteiger partial charge in [0.15, 0.2) is 0 Å². The Morgan fingerprint density at radius 2 is 2.12 bits per heavy atom. The zero-order valence-electron chi connectivity index (χ0n) is 10.4. The van der Waals surface area contributed by atoms with Gasteiger partial charge in [0.1, 0.15) is 0 Å². The summed E-state index contributed by atoms with van der Waals surface area (Å²) in [5, 5.41) is 3.19. The van der Waals surface area contributed by atoms with Gasteiger partial charge < -0.3 is 10.2 Å². The Morgan fingerprint density at radius 1 is 1.31 bits per heavy atom. The Kier molecular flexibility index (Phi) is 4.22. The van der Waals surface area contributed by atoms with Crippen molar-refractivity contribution in [1.29, 1.82) is 0 Å². The second-order valence-electron chi connectivity index (χ2n) is 5.28. The molecule has 0 bridgehead atoms. The molecular weight excluding hydrogens is 200 g/mol. The van der Waals surface area contributed by atoms with Crippen LogP contribution in [0, 0.1) is 5.92 Å². The lowest BCUT2D eigenvalue weighted by Gasteiger charge is -2.36. The van der Waals surface area contributed by atoms with E-state index >= 15 is 0 Å². The minimum atomic E-state index is 0.420. The maximum absolute atomic E-state index is 12.1. The summed E-state index contributed by atoms with van der Waals surface area (Å²) in [4.78, 5) is 14.3. The molecule has 0 aromatic heterocycles. The summed E-state index contributed by atoms with van der Waals surface area (Å²) in [5.74, 6) is 1.14. The van der Waals surface area contributed by atoms with E-state index < -0.39 is 0 Å². The van der Waals surface area contributed by atoms with E-state index in [9.17, 15) is 4.79 Å². The zero-order chi connectivity index (χ0) is 11.4. The van der Waals surface area contributed by atoms with Crippen LogP contribution in [0.5, 0.6) is 0 Å². The van der Waals surface area contributed by atoms with E-state index in [1.807, 2.05) is 7.05 Å². The summed E-state index contributed by atoms with van der Waals surface area (Å²) in [6, 6.07) is 0.507. The van der Waals surface area contributed by atoms with Crippen molar-refractivity contribution in [2.24, 2.45) is 5.92 Å². The molecule has 0 aromatic carbocycles. The maximum atomic E-state index is 12.1. The molecule has 16 heavy (non-hydrogen) atoms. The fourth-order valence-corrected chi connectivity index (χ4v) is 2.63. The lowest BCUT2D eigenvalue weighted by molar-refractivity contribution is -0.135. The summed E-state index contributed by atoms with van der Waals surface area (Å²) in [5.41, 5.74) is 0. The monoisotopic (exact) mass is 224 g/mol. The molecule has 2 rings (SSSR count). The molecule has 1 saturated heterocycles. The molecule has 0 radical (unpaired) electrons. The van der Waals surface area contributed by atoms with E-state index in [0.717, 1.165) is 31.8 Å². The third-order valence-corrected chi connectivity index (χ3v) is 3.84. The molecule has 2 fully saturated rings. The largest absolute Gasteiger partial charge is 0.340 e. The van der Waals surface area contributed by atoms with Crippen molar-refractivity contribution in [3.05, 3.63) is 0 Å². The average Bonchev–Trinajstić information content (AvgIpc) is 3.10. The molecule has 3 heteroatoms. The quantitative estimate of drug-likeness (QED) is 0.772. The SMILES string of the molecule is CNCCC1CCCCN1C(=O)CC1CC1. The normalized spacial score (nSPS) is 25.8. The smallest absolute Gasteiger partial charge is 0.223 e. The highest BCUT2D eigenvalue weighted by molar-refractivity contribution is 5.77. The van der Waals surface area contributed by atoms with Gasteiger partial charge in [0.25, 0.3) is 0 Å². The highest BCUT2D eigenvalue weighted by Gasteiger charge is 2.31. The molecule has 1 aliphatic heterocycles. The molecule has 3 nitrogen and oxygen atoms in total. The van der Waals surface area contributed by atoms with Crippen LogP contribution in [0.3, 0.4) is 0 Å². The predicted octanol–water partition coefficient (Wildman–Crippen LogP) is 1.78. The number of rotatable bonds is 5. The van der Waals surface area contributed by atoms with Crippen molar-refractivity contribution in [3.63, 3.8) is 0 Å². The van der Waals surface area contributed by atoms with Gasteiger partial charge in [-0.1, -0.05) is 0 Å². The molecule has 0 spiro atoms. The van der Waals surface area contributed by atoms with Crippen molar-refractivity contribution < 1.29 is 4.79 Å². The van der Waals surface area contributed by atoms with Crippen molar-refractivity contribution in [2.75, 3.05) is 20.1 Å². The fourth-order valence-electron chi connectivity index (χ4n) is 2.63. The van der Waals surface area contributed by atoms with Crippen molar-refractivity contribution in [2.45, 2.75) is 51.0 Å². The highest BCUT2D eigenvalue weighted by atomic mass is 16.2. The first-order chi connectivity index (χ1) is 7.81. The number of amides is 1. The van der Waals surface area contributed by atoms with E-state index in [2.05, 4.69) is 10.2 Å². The molecule has 1 unspecified atom stereocenters. The van der Waals surface area contributed by atoms with Crippen molar-refractivity contribution >= 4 is 5.91 Å². The Bertz CT molecular complexity index is 238. The van der Waals surface area contributed by atoms with Crippen LogP contribution >= 0.6 is 0 Å². The van der Waals surface area contributed by atoms with Crippen molar-refractivity contribution in [3.8, 4) is 0 Å². The van der Waals surface area contributed by atoms with E-state index in [1.165, 1.54) is 32.1 Å². The second-order valence-corrected chi connectivity index (χ2v) is 5.28. The highest BCUT2D eigenvalue weighted by Crippen LogP contribution is 2.34. The van der Waals surface area contributed by atoms with Crippen LogP contribution in [0.2, 0.25) is 0 Å². The van der Waals surface area contributed by atoms with E-state index in [1.54, 1.807) is 0 Å². The van der Waals surface area contributed by atoms with Crippen LogP contribution in [0.25, 0.3) is 0 Å². The topological polar surface area (TPSA) is 32.3 Å². The molecule has 1 N–H and O–H groups in total. The molecule has 92 valence electrons. The van der Waals surface area contributed by atoms with Crippen LogP contribution in [0.1, 0.15) is 44.9 Å². The first-order valence-corrected chi connectivity index (χ1v) is 6.75. The number of hydrogen-bond acceptors (Lipinski definition) is 2. The standard InChI is InChI=1S/C13H24N2O/c1-14-8-7-12-4-2-3-9-15(12)13(16)10-11-5-6-11/h11-12,14H,2-10H2,1H3. The van der Waals surface area contributed by atoms with E-state index in [-0.39, 0.29) is 0 Å². The summed E-state index contributed by atoms with van der Waals surface area (Å²) >= 11 is 0. The van der Waals surface area contributed by atoms with Gasteiger partial charge in [-0.25, -0.2) is 0 Å². The molecule has 1 amide bonds. The Balaban J connectivity index is 1.84. The number of hydrogen-bond donors (Lipinski definition) is 1. The van der Waals surface area contributed by atoms with Gasteiger partial charge in [-0.05, 0) is 58.0 Å². The average molecular weight is 224 g/mol. The number of piperidine rings is 1. The second kappa shape index (κ2) is 5.67. The molecule has 0 aromatic rings. The van der Waals surface area contributed by atoms with Gasteiger partial charge in [-0.3, -0.25) is 4.79 Å². The van der Waals surface area contributed by atoms with Gasteiger partial charge in [0.05, 0.1) is 0 Å². The lowest BCUT2D eigenvalue weighted by Crippen LogP contribution is -2.44. The predicted molar refractivity (Wildman–Crippen MR) is 65.2 cm³/mol. The molecule has 1 heterocycles. The number of nitrogens with zero attached hydrogens (tertiary/aromatic N) is 1. The third kappa shape index (κ3) is 3.21. The summed E-state index contributed by atoms with van der Waals surface area (Å²) < 4.78 is 0. The van der Waals surface area contributed by atoms with Crippen molar-refractivity contribution in [1.82, 2.24) is 10.2 Å². The first-order valence-electron chi connectivity index (χ1n) is 6.75. The third-order valence-electron chi connectivity index (χ3n) is 3.84. The first kappa shape index (κ1) is 11.9. The van der Waals surface area contributed by atoms with Gasteiger partial charge >= 0.3 is 0 Å². The minimum absolute atomic E-state index is 0.420. The van der Waals surface area contributed by atoms with Crippen LogP contribution in [0.4, 0.5) is 0 Å². The summed E-state index contributed by atoms with van der Waals surface area (Å²) in [6.45, 7) is 2.03. The lowest BCUT2D eigenvalue weighted by atomic mass is 9.98. The zero-order valence-corrected chi connectivity index (χ0v) is 10.4. The molecular formula is C13H24N2O. The van der Waals surface area contributed by atoms with Crippen LogP contribution in [-0.4, -0.2) is 37.0 Å². The maximum Gasteiger partial charge on any atom is 0.223 e.